The zero-order valence-corrected chi connectivity index (χ0v) is 18.4. The highest BCUT2D eigenvalue weighted by Gasteiger charge is 2.12. The van der Waals surface area contributed by atoms with Crippen LogP contribution in [0.15, 0.2) is 78.9 Å². The maximum Gasteiger partial charge on any atom is 0.308 e. The Labute approximate surface area is 192 Å². The lowest BCUT2D eigenvalue weighted by atomic mass is 10.1. The lowest BCUT2D eigenvalue weighted by Crippen LogP contribution is -2.28. The summed E-state index contributed by atoms with van der Waals surface area (Å²) in [5.74, 6) is -0.132. The number of aryl methyl sites for hydroxylation is 1. The normalized spacial score (nSPS) is 10.2. The maximum atomic E-state index is 12.2. The van der Waals surface area contributed by atoms with Crippen molar-refractivity contribution in [2.24, 2.45) is 0 Å². The van der Waals surface area contributed by atoms with Crippen molar-refractivity contribution in [1.29, 1.82) is 0 Å². The van der Waals surface area contributed by atoms with Crippen LogP contribution in [0.4, 0.5) is 5.69 Å². The highest BCUT2D eigenvalue weighted by atomic mass is 16.5. The van der Waals surface area contributed by atoms with Gasteiger partial charge in [-0.25, -0.2) is 0 Å². The van der Waals surface area contributed by atoms with Gasteiger partial charge >= 0.3 is 5.97 Å². The first-order valence-electron chi connectivity index (χ1n) is 10.6. The van der Waals surface area contributed by atoms with E-state index in [0.29, 0.717) is 17.2 Å². The van der Waals surface area contributed by atoms with Crippen molar-refractivity contribution in [3.05, 3.63) is 90.0 Å². The summed E-state index contributed by atoms with van der Waals surface area (Å²) in [5.41, 5.74) is 2.47. The fourth-order valence-corrected chi connectivity index (χ4v) is 2.94. The number of rotatable bonds is 10. The number of amides is 2. The first-order chi connectivity index (χ1) is 16.0. The lowest BCUT2D eigenvalue weighted by Gasteiger charge is -2.12. The Morgan fingerprint density at radius 3 is 2.27 bits per heavy atom. The number of nitrogens with one attached hydrogen (secondary N) is 2. The largest absolute Gasteiger partial charge is 0.456 e. The van der Waals surface area contributed by atoms with Gasteiger partial charge in [-0.1, -0.05) is 60.2 Å². The second-order valence-corrected chi connectivity index (χ2v) is 7.38. The van der Waals surface area contributed by atoms with Crippen molar-refractivity contribution < 1.29 is 23.9 Å². The number of para-hydroxylation sites is 2. The second kappa shape index (κ2) is 12.0. The standard InChI is InChI=1S/C26H26N2O5/c1-19-11-13-21(14-12-19)33-23-10-6-5-9-22(23)28-25(30)18-32-26(31)15-16-27-24(29)17-20-7-3-2-4-8-20/h2-14H,15-18H2,1H3,(H,27,29)(H,28,30). The fraction of sp³-hybridized carbons (Fsp3) is 0.192. The summed E-state index contributed by atoms with van der Waals surface area (Å²) in [4.78, 5) is 36.0. The molecule has 0 saturated carbocycles. The Morgan fingerprint density at radius 2 is 1.52 bits per heavy atom. The third-order valence-corrected chi connectivity index (χ3v) is 4.63. The van der Waals surface area contributed by atoms with Crippen LogP contribution in [0.2, 0.25) is 0 Å². The van der Waals surface area contributed by atoms with Crippen molar-refractivity contribution >= 4 is 23.5 Å². The average molecular weight is 447 g/mol. The Morgan fingerprint density at radius 1 is 0.818 bits per heavy atom. The van der Waals surface area contributed by atoms with Gasteiger partial charge in [0.05, 0.1) is 18.5 Å². The van der Waals surface area contributed by atoms with Crippen LogP contribution in [-0.2, 0) is 25.5 Å². The molecule has 0 bridgehead atoms. The highest BCUT2D eigenvalue weighted by Crippen LogP contribution is 2.29. The van der Waals surface area contributed by atoms with E-state index in [9.17, 15) is 14.4 Å². The van der Waals surface area contributed by atoms with Crippen molar-refractivity contribution in [2.75, 3.05) is 18.5 Å². The second-order valence-electron chi connectivity index (χ2n) is 7.38. The number of anilines is 1. The van der Waals surface area contributed by atoms with E-state index < -0.39 is 18.5 Å². The minimum atomic E-state index is -0.575. The van der Waals surface area contributed by atoms with E-state index in [1.165, 1.54) is 0 Å². The third-order valence-electron chi connectivity index (χ3n) is 4.63. The molecular weight excluding hydrogens is 420 g/mol. The van der Waals surface area contributed by atoms with Gasteiger partial charge in [0.25, 0.3) is 5.91 Å². The quantitative estimate of drug-likeness (QED) is 0.459. The minimum Gasteiger partial charge on any atom is -0.456 e. The zero-order valence-electron chi connectivity index (χ0n) is 18.4. The molecule has 3 rings (SSSR count). The molecule has 0 spiro atoms. The zero-order chi connectivity index (χ0) is 23.5. The molecule has 7 heteroatoms. The van der Waals surface area contributed by atoms with Gasteiger partial charge in [-0.15, -0.1) is 0 Å². The van der Waals surface area contributed by atoms with E-state index in [2.05, 4.69) is 10.6 Å². The number of esters is 1. The van der Waals surface area contributed by atoms with Crippen LogP contribution in [0.25, 0.3) is 0 Å². The van der Waals surface area contributed by atoms with E-state index in [1.54, 1.807) is 24.3 Å². The third kappa shape index (κ3) is 8.14. The smallest absolute Gasteiger partial charge is 0.308 e. The highest BCUT2D eigenvalue weighted by molar-refractivity contribution is 5.94. The van der Waals surface area contributed by atoms with Gasteiger partial charge < -0.3 is 20.1 Å². The molecule has 2 N–H and O–H groups in total. The van der Waals surface area contributed by atoms with E-state index in [0.717, 1.165) is 11.1 Å². The van der Waals surface area contributed by atoms with Gasteiger partial charge in [0.15, 0.2) is 12.4 Å². The predicted molar refractivity (Wildman–Crippen MR) is 125 cm³/mol. The van der Waals surface area contributed by atoms with Crippen molar-refractivity contribution in [2.45, 2.75) is 19.8 Å². The van der Waals surface area contributed by atoms with E-state index in [1.807, 2.05) is 61.5 Å². The summed E-state index contributed by atoms with van der Waals surface area (Å²) in [6, 6.07) is 23.9. The topological polar surface area (TPSA) is 93.7 Å². The molecule has 33 heavy (non-hydrogen) atoms. The first kappa shape index (κ1) is 23.5. The SMILES string of the molecule is Cc1ccc(Oc2ccccc2NC(=O)COC(=O)CCNC(=O)Cc2ccccc2)cc1. The predicted octanol–water partition coefficient (Wildman–Crippen LogP) is 4.02. The molecule has 0 atom stereocenters. The molecule has 0 unspecified atom stereocenters. The number of carbonyl (C=O) groups excluding carboxylic acids is 3. The number of hydrogen-bond donors (Lipinski definition) is 2. The van der Waals surface area contributed by atoms with Gasteiger partial charge in [-0.2, -0.15) is 0 Å². The summed E-state index contributed by atoms with van der Waals surface area (Å²) in [5, 5.41) is 5.35. The monoisotopic (exact) mass is 446 g/mol. The molecule has 170 valence electrons. The van der Waals surface area contributed by atoms with E-state index in [4.69, 9.17) is 9.47 Å². The van der Waals surface area contributed by atoms with Gasteiger partial charge in [0, 0.05) is 6.54 Å². The average Bonchev–Trinajstić information content (AvgIpc) is 2.81. The summed E-state index contributed by atoms with van der Waals surface area (Å²) < 4.78 is 10.9. The molecule has 3 aromatic rings. The maximum absolute atomic E-state index is 12.2. The molecule has 3 aromatic carbocycles. The van der Waals surface area contributed by atoms with Crippen LogP contribution in [0.5, 0.6) is 11.5 Å². The number of ether oxygens (including phenoxy) is 2. The van der Waals surface area contributed by atoms with Crippen molar-refractivity contribution in [3.8, 4) is 11.5 Å². The molecule has 2 amide bonds. The Balaban J connectivity index is 1.39. The Kier molecular flexibility index (Phi) is 8.59. The molecule has 0 aliphatic rings. The summed E-state index contributed by atoms with van der Waals surface area (Å²) in [6.45, 7) is 1.69. The molecule has 0 aromatic heterocycles. The molecule has 0 fully saturated rings. The molecular formula is C26H26N2O5. The van der Waals surface area contributed by atoms with Crippen LogP contribution in [-0.4, -0.2) is 30.9 Å². The summed E-state index contributed by atoms with van der Waals surface area (Å²) in [6.07, 6.45) is 0.212. The number of benzene rings is 3. The van der Waals surface area contributed by atoms with E-state index in [-0.39, 0.29) is 25.3 Å². The first-order valence-corrected chi connectivity index (χ1v) is 10.6. The minimum absolute atomic E-state index is 0.0269. The lowest BCUT2D eigenvalue weighted by molar-refractivity contribution is -0.147. The van der Waals surface area contributed by atoms with Crippen LogP contribution in [0, 0.1) is 6.92 Å². The van der Waals surface area contributed by atoms with Crippen LogP contribution in [0.1, 0.15) is 17.5 Å². The molecule has 0 aliphatic heterocycles. The van der Waals surface area contributed by atoms with Gasteiger partial charge in [0.2, 0.25) is 5.91 Å². The van der Waals surface area contributed by atoms with Crippen LogP contribution < -0.4 is 15.4 Å². The number of hydrogen-bond acceptors (Lipinski definition) is 5. The Hall–Kier alpha value is -4.13. The van der Waals surface area contributed by atoms with Crippen molar-refractivity contribution in [1.82, 2.24) is 5.32 Å². The fourth-order valence-electron chi connectivity index (χ4n) is 2.94. The van der Waals surface area contributed by atoms with Crippen LogP contribution in [0.3, 0.4) is 0 Å². The van der Waals surface area contributed by atoms with Gasteiger partial charge in [-0.05, 0) is 36.8 Å². The molecule has 0 radical (unpaired) electrons. The molecule has 7 nitrogen and oxygen atoms in total. The molecule has 0 heterocycles. The van der Waals surface area contributed by atoms with E-state index >= 15 is 0 Å². The summed E-state index contributed by atoms with van der Waals surface area (Å²) >= 11 is 0. The summed E-state index contributed by atoms with van der Waals surface area (Å²) in [7, 11) is 0. The van der Waals surface area contributed by atoms with Gasteiger partial charge in [-0.3, -0.25) is 14.4 Å². The Bertz CT molecular complexity index is 1080. The van der Waals surface area contributed by atoms with Crippen LogP contribution >= 0.6 is 0 Å². The van der Waals surface area contributed by atoms with Gasteiger partial charge in [0.1, 0.15) is 5.75 Å². The van der Waals surface area contributed by atoms with Crippen molar-refractivity contribution in [3.63, 3.8) is 0 Å². The number of carbonyl (C=O) groups is 3. The molecule has 0 aliphatic carbocycles. The molecule has 0 saturated heterocycles.